The predicted octanol–water partition coefficient (Wildman–Crippen LogP) is 5.80. The third-order valence-electron chi connectivity index (χ3n) is 6.71. The van der Waals surface area contributed by atoms with Crippen molar-refractivity contribution in [2.24, 2.45) is 0 Å². The van der Waals surface area contributed by atoms with Crippen LogP contribution in [0.4, 0.5) is 0 Å². The highest BCUT2D eigenvalue weighted by molar-refractivity contribution is 9.10. The Hall–Kier alpha value is -3.61. The van der Waals surface area contributed by atoms with Gasteiger partial charge < -0.3 is 23.5 Å². The molecule has 0 amide bonds. The molecular formula is C29H32BrN3O7S. The summed E-state index contributed by atoms with van der Waals surface area (Å²) in [6, 6.07) is 17.8. The molecule has 0 spiro atoms. The number of methoxy groups -OCH3 is 4. The second-order valence-electron chi connectivity index (χ2n) is 9.57. The summed E-state index contributed by atoms with van der Waals surface area (Å²) in [5.41, 5.74) is 1.97. The third kappa shape index (κ3) is 6.34. The van der Waals surface area contributed by atoms with Crippen LogP contribution in [0.5, 0.6) is 23.0 Å². The van der Waals surface area contributed by atoms with Crippen LogP contribution in [0.3, 0.4) is 0 Å². The smallest absolute Gasteiger partial charge is 0.249 e. The summed E-state index contributed by atoms with van der Waals surface area (Å²) in [4.78, 5) is 4.48. The van der Waals surface area contributed by atoms with Gasteiger partial charge in [-0.2, -0.15) is 9.29 Å². The molecule has 0 aliphatic rings. The van der Waals surface area contributed by atoms with Crippen LogP contribution >= 0.6 is 15.9 Å². The van der Waals surface area contributed by atoms with Gasteiger partial charge in [0, 0.05) is 46.4 Å². The summed E-state index contributed by atoms with van der Waals surface area (Å²) in [5.74, 6) is 2.39. The average molecular weight is 647 g/mol. The molecule has 12 heteroatoms. The molecule has 3 aromatic carbocycles. The summed E-state index contributed by atoms with van der Waals surface area (Å²) >= 11 is 3.41. The maximum atomic E-state index is 14.5. The Morgan fingerprint density at radius 3 is 1.78 bits per heavy atom. The van der Waals surface area contributed by atoms with E-state index in [1.54, 1.807) is 64.5 Å². The first-order valence-corrected chi connectivity index (χ1v) is 14.8. The molecule has 10 nitrogen and oxygen atoms in total. The molecule has 0 bridgehead atoms. The standard InChI is InChI=1S/C29H32BrN3O7S/c1-29(2,28-31-27(32-40-28)19-7-11-22(30)12-8-19)41(34,35)33(17-20-9-13-23(36-3)15-25(20)38-5)18-21-10-14-24(37-4)16-26(21)39-6/h7-16H,17-18H2,1-6H3. The minimum Gasteiger partial charge on any atom is -0.497 e. The Kier molecular flexibility index (Phi) is 9.25. The van der Waals surface area contributed by atoms with Crippen molar-refractivity contribution < 1.29 is 31.9 Å². The zero-order valence-electron chi connectivity index (χ0n) is 23.7. The lowest BCUT2D eigenvalue weighted by Crippen LogP contribution is -2.42. The number of ether oxygens (including phenoxy) is 4. The van der Waals surface area contributed by atoms with E-state index in [0.717, 1.165) is 4.47 Å². The first-order chi connectivity index (χ1) is 19.5. The molecule has 218 valence electrons. The summed E-state index contributed by atoms with van der Waals surface area (Å²) in [6.45, 7) is 3.07. The van der Waals surface area contributed by atoms with Crippen LogP contribution < -0.4 is 18.9 Å². The van der Waals surface area contributed by atoms with E-state index in [-0.39, 0.29) is 24.8 Å². The number of benzene rings is 3. The number of nitrogens with zero attached hydrogens (tertiary/aromatic N) is 3. The first-order valence-electron chi connectivity index (χ1n) is 12.6. The largest absolute Gasteiger partial charge is 0.497 e. The Labute approximate surface area is 248 Å². The summed E-state index contributed by atoms with van der Waals surface area (Å²) in [6.07, 6.45) is 0. The minimum absolute atomic E-state index is 0.0121. The number of hydrogen-bond acceptors (Lipinski definition) is 9. The van der Waals surface area contributed by atoms with Gasteiger partial charge in [-0.3, -0.25) is 0 Å². The van der Waals surface area contributed by atoms with Gasteiger partial charge in [-0.25, -0.2) is 8.42 Å². The van der Waals surface area contributed by atoms with Crippen molar-refractivity contribution in [3.05, 3.63) is 82.2 Å². The second kappa shape index (κ2) is 12.5. The van der Waals surface area contributed by atoms with Gasteiger partial charge in [0.15, 0.2) is 4.75 Å². The van der Waals surface area contributed by atoms with Crippen LogP contribution in [0, 0.1) is 0 Å². The molecule has 0 aliphatic carbocycles. The SMILES string of the molecule is COc1ccc(CN(Cc2ccc(OC)cc2OC)S(=O)(=O)C(C)(C)c2nc(-c3ccc(Br)cc3)no2)c(OC)c1. The van der Waals surface area contributed by atoms with E-state index in [1.165, 1.54) is 18.5 Å². The van der Waals surface area contributed by atoms with Crippen molar-refractivity contribution in [2.75, 3.05) is 28.4 Å². The molecule has 1 aromatic heterocycles. The Balaban J connectivity index is 1.77. The maximum absolute atomic E-state index is 14.5. The van der Waals surface area contributed by atoms with Crippen molar-refractivity contribution in [1.29, 1.82) is 0 Å². The third-order valence-corrected chi connectivity index (χ3v) is 9.64. The topological polar surface area (TPSA) is 113 Å². The van der Waals surface area contributed by atoms with Gasteiger partial charge >= 0.3 is 0 Å². The first kappa shape index (κ1) is 30.4. The average Bonchev–Trinajstić information content (AvgIpc) is 3.48. The van der Waals surface area contributed by atoms with Gasteiger partial charge in [-0.1, -0.05) is 33.2 Å². The van der Waals surface area contributed by atoms with Crippen LogP contribution in [-0.2, 0) is 27.9 Å². The number of rotatable bonds is 12. The van der Waals surface area contributed by atoms with E-state index in [2.05, 4.69) is 26.1 Å². The highest BCUT2D eigenvalue weighted by atomic mass is 79.9. The van der Waals surface area contributed by atoms with E-state index in [0.29, 0.717) is 39.7 Å². The molecule has 1 heterocycles. The molecule has 0 fully saturated rings. The lowest BCUT2D eigenvalue weighted by Gasteiger charge is -2.31. The molecule has 0 aliphatic heterocycles. The van der Waals surface area contributed by atoms with Crippen molar-refractivity contribution >= 4 is 26.0 Å². The normalized spacial score (nSPS) is 11.9. The van der Waals surface area contributed by atoms with Crippen molar-refractivity contribution in [1.82, 2.24) is 14.4 Å². The van der Waals surface area contributed by atoms with E-state index < -0.39 is 14.8 Å². The molecule has 4 aromatic rings. The van der Waals surface area contributed by atoms with Crippen LogP contribution in [0.1, 0.15) is 30.9 Å². The monoisotopic (exact) mass is 645 g/mol. The summed E-state index contributed by atoms with van der Waals surface area (Å²) in [7, 11) is 2.00. The Morgan fingerprint density at radius 1 is 0.805 bits per heavy atom. The number of sulfonamides is 1. The number of hydrogen-bond donors (Lipinski definition) is 0. The summed E-state index contributed by atoms with van der Waals surface area (Å²) < 4.78 is 56.9. The number of halogens is 1. The lowest BCUT2D eigenvalue weighted by molar-refractivity contribution is 0.320. The van der Waals surface area contributed by atoms with E-state index >= 15 is 0 Å². The maximum Gasteiger partial charge on any atom is 0.249 e. The van der Waals surface area contributed by atoms with Gasteiger partial charge in [-0.05, 0) is 50.2 Å². The van der Waals surface area contributed by atoms with Crippen LogP contribution in [0.15, 0.2) is 69.7 Å². The molecule has 0 saturated heterocycles. The highest BCUT2D eigenvalue weighted by Gasteiger charge is 2.46. The quantitative estimate of drug-likeness (QED) is 0.189. The van der Waals surface area contributed by atoms with Crippen molar-refractivity contribution in [3.8, 4) is 34.4 Å². The summed E-state index contributed by atoms with van der Waals surface area (Å²) in [5, 5.41) is 4.06. The fraction of sp³-hybridized carbons (Fsp3) is 0.310. The van der Waals surface area contributed by atoms with Crippen LogP contribution in [0.25, 0.3) is 11.4 Å². The van der Waals surface area contributed by atoms with Crippen LogP contribution in [-0.4, -0.2) is 51.3 Å². The van der Waals surface area contributed by atoms with Gasteiger partial charge in [0.2, 0.25) is 21.7 Å². The van der Waals surface area contributed by atoms with Gasteiger partial charge in [0.1, 0.15) is 23.0 Å². The molecule has 41 heavy (non-hydrogen) atoms. The van der Waals surface area contributed by atoms with E-state index in [4.69, 9.17) is 23.5 Å². The molecule has 0 saturated carbocycles. The predicted molar refractivity (Wildman–Crippen MR) is 158 cm³/mol. The molecule has 0 unspecified atom stereocenters. The zero-order valence-corrected chi connectivity index (χ0v) is 26.1. The van der Waals surface area contributed by atoms with Gasteiger partial charge in [0.05, 0.1) is 28.4 Å². The Bertz CT molecular complexity index is 1550. The number of aromatic nitrogens is 2. The fourth-order valence-corrected chi connectivity index (χ4v) is 6.02. The highest BCUT2D eigenvalue weighted by Crippen LogP contribution is 2.37. The molecule has 0 radical (unpaired) electrons. The molecular weight excluding hydrogens is 614 g/mol. The van der Waals surface area contributed by atoms with Gasteiger partial charge in [-0.15, -0.1) is 0 Å². The Morgan fingerprint density at radius 2 is 1.32 bits per heavy atom. The second-order valence-corrected chi connectivity index (χ2v) is 13.0. The van der Waals surface area contributed by atoms with Crippen molar-refractivity contribution in [2.45, 2.75) is 31.7 Å². The van der Waals surface area contributed by atoms with Crippen molar-refractivity contribution in [3.63, 3.8) is 0 Å². The molecule has 4 rings (SSSR count). The minimum atomic E-state index is -4.15. The van der Waals surface area contributed by atoms with E-state index in [1.807, 2.05) is 24.3 Å². The fourth-order valence-electron chi connectivity index (χ4n) is 4.19. The van der Waals surface area contributed by atoms with E-state index in [9.17, 15) is 8.42 Å². The lowest BCUT2D eigenvalue weighted by atomic mass is 10.1. The van der Waals surface area contributed by atoms with Gasteiger partial charge in [0.25, 0.3) is 0 Å². The van der Waals surface area contributed by atoms with Crippen LogP contribution in [0.2, 0.25) is 0 Å². The zero-order chi connectivity index (χ0) is 29.8. The molecule has 0 N–H and O–H groups in total. The molecule has 0 atom stereocenters.